The van der Waals surface area contributed by atoms with Crippen molar-refractivity contribution in [1.29, 1.82) is 0 Å². The molecule has 1 aliphatic heterocycles. The molecule has 0 saturated carbocycles. The number of nitrogens with one attached hydrogen (secondary N) is 1. The molecule has 4 nitrogen and oxygen atoms in total. The van der Waals surface area contributed by atoms with Crippen LogP contribution in [0.5, 0.6) is 0 Å². The zero-order valence-electron chi connectivity index (χ0n) is 13.3. The van der Waals surface area contributed by atoms with Crippen molar-refractivity contribution < 1.29 is 9.59 Å². The minimum Gasteiger partial charge on any atom is -0.342 e. The fourth-order valence-corrected chi connectivity index (χ4v) is 5.49. The Morgan fingerprint density at radius 1 is 1.08 bits per heavy atom. The van der Waals surface area contributed by atoms with Gasteiger partial charge in [0.15, 0.2) is 0 Å². The van der Waals surface area contributed by atoms with Crippen LogP contribution in [0.1, 0.15) is 31.0 Å². The van der Waals surface area contributed by atoms with Gasteiger partial charge in [-0.15, -0.1) is 34.0 Å². The number of amides is 2. The van der Waals surface area contributed by atoms with Crippen molar-refractivity contribution in [2.24, 2.45) is 0 Å². The van der Waals surface area contributed by atoms with E-state index in [2.05, 4.69) is 22.8 Å². The Morgan fingerprint density at radius 3 is 2.68 bits per heavy atom. The summed E-state index contributed by atoms with van der Waals surface area (Å²) in [7, 11) is 0. The van der Waals surface area contributed by atoms with Crippen LogP contribution in [0.15, 0.2) is 46.5 Å². The fourth-order valence-electron chi connectivity index (χ4n) is 3.09. The smallest absolute Gasteiger partial charge is 0.261 e. The van der Waals surface area contributed by atoms with E-state index in [1.807, 2.05) is 27.8 Å². The Morgan fingerprint density at radius 2 is 1.92 bits per heavy atom. The van der Waals surface area contributed by atoms with Gasteiger partial charge in [0.1, 0.15) is 0 Å². The van der Waals surface area contributed by atoms with Crippen LogP contribution in [0.25, 0.3) is 0 Å². The highest BCUT2D eigenvalue weighted by molar-refractivity contribution is 7.12. The Hall–Kier alpha value is -1.96. The van der Waals surface area contributed by atoms with Crippen molar-refractivity contribution in [3.63, 3.8) is 0 Å². The van der Waals surface area contributed by atoms with Crippen molar-refractivity contribution in [3.05, 3.63) is 66.7 Å². The molecule has 4 rings (SSSR count). The third-order valence-electron chi connectivity index (χ3n) is 4.24. The van der Waals surface area contributed by atoms with Gasteiger partial charge in [0, 0.05) is 16.3 Å². The number of carbonyl (C=O) groups excluding carboxylic acids is 2. The minimum absolute atomic E-state index is 0.0259. The van der Waals surface area contributed by atoms with E-state index in [1.54, 1.807) is 28.7 Å². The molecule has 1 N–H and O–H groups in total. The minimum atomic E-state index is -0.191. The molecule has 25 heavy (non-hydrogen) atoms. The van der Waals surface area contributed by atoms with E-state index in [9.17, 15) is 9.59 Å². The van der Waals surface area contributed by atoms with E-state index in [-0.39, 0.29) is 24.4 Å². The number of rotatable bonds is 4. The quantitative estimate of drug-likeness (QED) is 0.740. The van der Waals surface area contributed by atoms with Crippen LogP contribution in [0, 0.1) is 0 Å². The topological polar surface area (TPSA) is 49.4 Å². The van der Waals surface area contributed by atoms with Crippen molar-refractivity contribution in [3.8, 4) is 0 Å². The number of thiophene rings is 3. The summed E-state index contributed by atoms with van der Waals surface area (Å²) in [5.41, 5.74) is 1.22. The first kappa shape index (κ1) is 16.5. The molecule has 3 aromatic heterocycles. The van der Waals surface area contributed by atoms with Crippen LogP contribution in [-0.2, 0) is 11.2 Å². The lowest BCUT2D eigenvalue weighted by molar-refractivity contribution is -0.132. The normalized spacial score (nSPS) is 16.5. The van der Waals surface area contributed by atoms with Crippen LogP contribution in [0.3, 0.4) is 0 Å². The fraction of sp³-hybridized carbons (Fsp3) is 0.222. The average Bonchev–Trinajstić information content (AvgIpc) is 3.39. The summed E-state index contributed by atoms with van der Waals surface area (Å²) < 4.78 is 0. The van der Waals surface area contributed by atoms with Crippen LogP contribution < -0.4 is 5.32 Å². The molecule has 1 aliphatic rings. The van der Waals surface area contributed by atoms with E-state index < -0.39 is 0 Å². The highest BCUT2D eigenvalue weighted by atomic mass is 32.1. The molecule has 0 radical (unpaired) electrons. The lowest BCUT2D eigenvalue weighted by Gasteiger charge is -2.35. The van der Waals surface area contributed by atoms with Crippen LogP contribution >= 0.6 is 34.0 Å². The van der Waals surface area contributed by atoms with Gasteiger partial charge in [-0.05, 0) is 46.3 Å². The van der Waals surface area contributed by atoms with Gasteiger partial charge in [-0.2, -0.15) is 0 Å². The zero-order valence-corrected chi connectivity index (χ0v) is 15.8. The summed E-state index contributed by atoms with van der Waals surface area (Å²) in [6, 6.07) is 9.76. The second-order valence-corrected chi connectivity index (χ2v) is 8.64. The van der Waals surface area contributed by atoms with Crippen LogP contribution in [0.4, 0.5) is 0 Å². The molecule has 2 amide bonds. The van der Waals surface area contributed by atoms with Crippen molar-refractivity contribution in [2.75, 3.05) is 13.1 Å². The molecular formula is C18H16N2O2S3. The Bertz CT molecular complexity index is 868. The summed E-state index contributed by atoms with van der Waals surface area (Å²) in [5, 5.41) is 8.74. The van der Waals surface area contributed by atoms with Crippen molar-refractivity contribution >= 4 is 45.8 Å². The van der Waals surface area contributed by atoms with Gasteiger partial charge in [-0.3, -0.25) is 9.59 Å². The molecule has 0 spiro atoms. The molecule has 3 aromatic rings. The molecule has 4 heterocycles. The second-order valence-electron chi connectivity index (χ2n) is 5.71. The molecule has 7 heteroatoms. The first-order valence-corrected chi connectivity index (χ1v) is 10.6. The first-order chi connectivity index (χ1) is 12.2. The van der Waals surface area contributed by atoms with E-state index in [1.165, 1.54) is 21.8 Å². The standard InChI is InChI=1S/C18H16N2O2S3/c21-16(11-19-18(22)15-4-2-9-24-15)20-7-5-13-12(6-10-25-13)17(20)14-3-1-8-23-14/h1-4,6,8-10,17H,5,7,11H2,(H,19,22)/t17-/m1/s1. The summed E-state index contributed by atoms with van der Waals surface area (Å²) in [5.74, 6) is -0.232. The maximum atomic E-state index is 12.8. The van der Waals surface area contributed by atoms with Crippen molar-refractivity contribution in [2.45, 2.75) is 12.5 Å². The lowest BCUT2D eigenvalue weighted by Crippen LogP contribution is -2.45. The van der Waals surface area contributed by atoms with E-state index in [0.717, 1.165) is 11.3 Å². The van der Waals surface area contributed by atoms with Crippen molar-refractivity contribution in [1.82, 2.24) is 10.2 Å². The molecule has 0 saturated heterocycles. The van der Waals surface area contributed by atoms with Gasteiger partial charge >= 0.3 is 0 Å². The van der Waals surface area contributed by atoms with Gasteiger partial charge < -0.3 is 10.2 Å². The molecular weight excluding hydrogens is 372 g/mol. The van der Waals surface area contributed by atoms with Gasteiger partial charge in [0.25, 0.3) is 5.91 Å². The predicted octanol–water partition coefficient (Wildman–Crippen LogP) is 3.78. The monoisotopic (exact) mass is 388 g/mol. The first-order valence-electron chi connectivity index (χ1n) is 7.95. The SMILES string of the molecule is O=C(NCC(=O)N1CCc2sccc2[C@@H]1c1cccs1)c1cccs1. The maximum Gasteiger partial charge on any atom is 0.261 e. The number of fused-ring (bicyclic) bond motifs is 1. The molecule has 128 valence electrons. The third kappa shape index (κ3) is 3.27. The average molecular weight is 389 g/mol. The van der Waals surface area contributed by atoms with E-state index in [4.69, 9.17) is 0 Å². The molecule has 0 fully saturated rings. The molecule has 1 atom stereocenters. The lowest BCUT2D eigenvalue weighted by atomic mass is 9.98. The van der Waals surface area contributed by atoms with E-state index in [0.29, 0.717) is 11.4 Å². The summed E-state index contributed by atoms with van der Waals surface area (Å²) in [6.07, 6.45) is 0.874. The number of hydrogen-bond donors (Lipinski definition) is 1. The summed E-state index contributed by atoms with van der Waals surface area (Å²) in [4.78, 5) is 30.0. The van der Waals surface area contributed by atoms with Gasteiger partial charge in [-0.25, -0.2) is 0 Å². The Labute approximate surface area is 157 Å². The number of carbonyl (C=O) groups is 2. The maximum absolute atomic E-state index is 12.8. The van der Waals surface area contributed by atoms with Gasteiger partial charge in [0.05, 0.1) is 17.5 Å². The molecule has 0 aliphatic carbocycles. The van der Waals surface area contributed by atoms with Crippen LogP contribution in [0.2, 0.25) is 0 Å². The summed E-state index contributed by atoms with van der Waals surface area (Å²) >= 11 is 4.79. The highest BCUT2D eigenvalue weighted by Crippen LogP contribution is 2.39. The van der Waals surface area contributed by atoms with Crippen LogP contribution in [-0.4, -0.2) is 29.8 Å². The second kappa shape index (κ2) is 7.11. The highest BCUT2D eigenvalue weighted by Gasteiger charge is 2.33. The molecule has 0 aromatic carbocycles. The summed E-state index contributed by atoms with van der Waals surface area (Å²) in [6.45, 7) is 0.710. The predicted molar refractivity (Wildman–Crippen MR) is 103 cm³/mol. The van der Waals surface area contributed by atoms with Gasteiger partial charge in [0.2, 0.25) is 5.91 Å². The Balaban J connectivity index is 1.52. The molecule has 0 unspecified atom stereocenters. The number of nitrogens with zero attached hydrogens (tertiary/aromatic N) is 1. The van der Waals surface area contributed by atoms with Gasteiger partial charge in [-0.1, -0.05) is 12.1 Å². The number of hydrogen-bond acceptors (Lipinski definition) is 5. The third-order valence-corrected chi connectivity index (χ3v) is 7.03. The van der Waals surface area contributed by atoms with E-state index >= 15 is 0 Å². The Kier molecular flexibility index (Phi) is 4.70. The zero-order chi connectivity index (χ0) is 17.2. The molecule has 0 bridgehead atoms. The largest absolute Gasteiger partial charge is 0.342 e.